The van der Waals surface area contributed by atoms with Gasteiger partial charge in [0.1, 0.15) is 11.5 Å². The van der Waals surface area contributed by atoms with E-state index in [-0.39, 0.29) is 0 Å². The number of fused-ring (bicyclic) bond motifs is 6. The molecule has 1 heterocycles. The molecule has 0 aromatic heterocycles. The molecule has 0 bridgehead atoms. The van der Waals surface area contributed by atoms with Gasteiger partial charge in [-0.1, -0.05) is 176 Å². The molecule has 2 nitrogen and oxygen atoms in total. The van der Waals surface area contributed by atoms with Crippen LogP contribution in [-0.4, -0.2) is 0 Å². The second-order valence-electron chi connectivity index (χ2n) is 15.3. The normalized spacial score (nSPS) is 11.5. The number of hydrogen-bond donors (Lipinski definition) is 0. The van der Waals surface area contributed by atoms with Crippen molar-refractivity contribution < 1.29 is 4.74 Å². The van der Waals surface area contributed by atoms with Gasteiger partial charge in [-0.15, -0.1) is 0 Å². The van der Waals surface area contributed by atoms with E-state index in [9.17, 15) is 0 Å². The van der Waals surface area contributed by atoms with Crippen molar-refractivity contribution in [1.29, 1.82) is 0 Å². The van der Waals surface area contributed by atoms with Crippen molar-refractivity contribution in [2.75, 3.05) is 4.90 Å². The molecule has 0 saturated heterocycles. The van der Waals surface area contributed by atoms with Crippen molar-refractivity contribution in [2.24, 2.45) is 0 Å². The first-order chi connectivity index (χ1) is 29.7. The van der Waals surface area contributed by atoms with Crippen LogP contribution in [0, 0.1) is 0 Å². The van der Waals surface area contributed by atoms with Crippen molar-refractivity contribution >= 4 is 27.8 Å². The molecule has 2 heteroatoms. The van der Waals surface area contributed by atoms with Gasteiger partial charge in [-0.25, -0.2) is 0 Å². The number of anilines is 3. The van der Waals surface area contributed by atoms with E-state index in [2.05, 4.69) is 241 Å². The molecule has 1 aliphatic rings. The number of para-hydroxylation sites is 1. The van der Waals surface area contributed by atoms with Gasteiger partial charge in [0.2, 0.25) is 0 Å². The van der Waals surface area contributed by atoms with Crippen LogP contribution < -0.4 is 9.64 Å². The Bertz CT molecular complexity index is 3120. The molecule has 1 aliphatic heterocycles. The molecule has 0 amide bonds. The zero-order valence-electron chi connectivity index (χ0n) is 32.9. The summed E-state index contributed by atoms with van der Waals surface area (Å²) >= 11 is 0. The Morgan fingerprint density at radius 2 is 0.700 bits per heavy atom. The molecule has 0 aliphatic carbocycles. The lowest BCUT2D eigenvalue weighted by molar-refractivity contribution is 0.488. The minimum absolute atomic E-state index is 0.815. The third-order valence-corrected chi connectivity index (χ3v) is 11.7. The van der Waals surface area contributed by atoms with Crippen molar-refractivity contribution in [3.05, 3.63) is 237 Å². The topological polar surface area (TPSA) is 12.5 Å². The average Bonchev–Trinajstić information content (AvgIpc) is 3.46. The summed E-state index contributed by atoms with van der Waals surface area (Å²) in [6, 6.07) is 84.7. The molecule has 10 aromatic rings. The van der Waals surface area contributed by atoms with E-state index < -0.39 is 0 Å². The van der Waals surface area contributed by atoms with Gasteiger partial charge in [0.15, 0.2) is 0 Å². The molecule has 60 heavy (non-hydrogen) atoms. The SMILES string of the molecule is c1ccc(-c2ccc(-c3ccc(N(c4ccccc4)c4cccc5c4-c4cc6ccccc6cc4-c4ccc(-c6ccc(-c7ccccc7)cc6)cc4O5)cc3)cc2)cc1. The Labute approximate surface area is 350 Å². The summed E-state index contributed by atoms with van der Waals surface area (Å²) in [5.74, 6) is 1.65. The average molecular weight is 766 g/mol. The second kappa shape index (κ2) is 15.1. The van der Waals surface area contributed by atoms with E-state index in [1.165, 1.54) is 44.2 Å². The molecule has 0 N–H and O–H groups in total. The monoisotopic (exact) mass is 765 g/mol. The number of rotatable bonds is 7. The Hall–Kier alpha value is -7.94. The van der Waals surface area contributed by atoms with Crippen LogP contribution in [0.2, 0.25) is 0 Å². The number of hydrogen-bond acceptors (Lipinski definition) is 2. The Morgan fingerprint density at radius 1 is 0.267 bits per heavy atom. The highest BCUT2D eigenvalue weighted by atomic mass is 16.5. The first kappa shape index (κ1) is 35.2. The number of ether oxygens (including phenoxy) is 1. The molecule has 11 rings (SSSR count). The Kier molecular flexibility index (Phi) is 8.87. The van der Waals surface area contributed by atoms with Crippen LogP contribution in [0.25, 0.3) is 77.5 Å². The fraction of sp³-hybridized carbons (Fsp3) is 0. The number of benzene rings is 10. The lowest BCUT2D eigenvalue weighted by Gasteiger charge is -2.29. The highest BCUT2D eigenvalue weighted by Crippen LogP contribution is 2.54. The highest BCUT2D eigenvalue weighted by Gasteiger charge is 2.27. The van der Waals surface area contributed by atoms with Crippen molar-refractivity contribution in [3.8, 4) is 78.3 Å². The van der Waals surface area contributed by atoms with Crippen molar-refractivity contribution in [1.82, 2.24) is 0 Å². The molecule has 0 unspecified atom stereocenters. The minimum Gasteiger partial charge on any atom is -0.456 e. The third-order valence-electron chi connectivity index (χ3n) is 11.7. The van der Waals surface area contributed by atoms with Gasteiger partial charge >= 0.3 is 0 Å². The largest absolute Gasteiger partial charge is 0.456 e. The van der Waals surface area contributed by atoms with Crippen LogP contribution in [0.15, 0.2) is 237 Å². The second-order valence-corrected chi connectivity index (χ2v) is 15.3. The van der Waals surface area contributed by atoms with Crippen LogP contribution in [-0.2, 0) is 0 Å². The van der Waals surface area contributed by atoms with Crippen LogP contribution in [0.4, 0.5) is 17.1 Å². The smallest absolute Gasteiger partial charge is 0.137 e. The van der Waals surface area contributed by atoms with E-state index in [0.29, 0.717) is 0 Å². The predicted molar refractivity (Wildman–Crippen MR) is 251 cm³/mol. The molecule has 282 valence electrons. The fourth-order valence-electron chi connectivity index (χ4n) is 8.64. The van der Waals surface area contributed by atoms with Crippen LogP contribution in [0.1, 0.15) is 0 Å². The van der Waals surface area contributed by atoms with Crippen LogP contribution in [0.5, 0.6) is 11.5 Å². The zero-order chi connectivity index (χ0) is 39.8. The first-order valence-electron chi connectivity index (χ1n) is 20.5. The molecule has 0 atom stereocenters. The van der Waals surface area contributed by atoms with E-state index in [4.69, 9.17) is 4.74 Å². The Balaban J connectivity index is 1.03. The Morgan fingerprint density at radius 3 is 1.27 bits per heavy atom. The van der Waals surface area contributed by atoms with Gasteiger partial charge in [-0.05, 0) is 127 Å². The zero-order valence-corrected chi connectivity index (χ0v) is 32.9. The molecule has 10 aromatic carbocycles. The summed E-state index contributed by atoms with van der Waals surface area (Å²) in [6.07, 6.45) is 0. The molecule has 0 radical (unpaired) electrons. The summed E-state index contributed by atoms with van der Waals surface area (Å²) in [6.45, 7) is 0. The third kappa shape index (κ3) is 6.51. The van der Waals surface area contributed by atoms with E-state index >= 15 is 0 Å². The van der Waals surface area contributed by atoms with E-state index in [0.717, 1.165) is 61.9 Å². The fourth-order valence-corrected chi connectivity index (χ4v) is 8.64. The van der Waals surface area contributed by atoms with Crippen LogP contribution in [0.3, 0.4) is 0 Å². The lowest BCUT2D eigenvalue weighted by Crippen LogP contribution is -2.11. The van der Waals surface area contributed by atoms with Crippen molar-refractivity contribution in [3.63, 3.8) is 0 Å². The van der Waals surface area contributed by atoms with E-state index in [1.54, 1.807) is 0 Å². The number of nitrogens with zero attached hydrogens (tertiary/aromatic N) is 1. The minimum atomic E-state index is 0.815. The van der Waals surface area contributed by atoms with Crippen LogP contribution >= 0.6 is 0 Å². The van der Waals surface area contributed by atoms with Gasteiger partial charge in [0.25, 0.3) is 0 Å². The summed E-state index contributed by atoms with van der Waals surface area (Å²) in [4.78, 5) is 2.36. The van der Waals surface area contributed by atoms with Gasteiger partial charge in [-0.3, -0.25) is 0 Å². The van der Waals surface area contributed by atoms with Gasteiger partial charge in [-0.2, -0.15) is 0 Å². The summed E-state index contributed by atoms with van der Waals surface area (Å²) in [5, 5.41) is 2.38. The molecular weight excluding hydrogens is 727 g/mol. The maximum absolute atomic E-state index is 7.12. The summed E-state index contributed by atoms with van der Waals surface area (Å²) < 4.78 is 7.12. The maximum Gasteiger partial charge on any atom is 0.137 e. The first-order valence-corrected chi connectivity index (χ1v) is 20.5. The summed E-state index contributed by atoms with van der Waals surface area (Å²) in [5.41, 5.74) is 17.0. The lowest BCUT2D eigenvalue weighted by atomic mass is 9.89. The predicted octanol–water partition coefficient (Wildman–Crippen LogP) is 16.4. The summed E-state index contributed by atoms with van der Waals surface area (Å²) in [7, 11) is 0. The van der Waals surface area contributed by atoms with Gasteiger partial charge in [0, 0.05) is 22.5 Å². The highest BCUT2D eigenvalue weighted by molar-refractivity contribution is 6.04. The molecule has 0 saturated carbocycles. The molecular formula is C58H39NO. The van der Waals surface area contributed by atoms with Crippen molar-refractivity contribution in [2.45, 2.75) is 0 Å². The van der Waals surface area contributed by atoms with Gasteiger partial charge < -0.3 is 9.64 Å². The molecule has 0 fully saturated rings. The van der Waals surface area contributed by atoms with Gasteiger partial charge in [0.05, 0.1) is 5.69 Å². The van der Waals surface area contributed by atoms with E-state index in [1.807, 2.05) is 0 Å². The quantitative estimate of drug-likeness (QED) is 0.160. The standard InChI is InChI=1S/C58H39NO/c1-4-13-40(14-5-1)42-23-25-44(26-24-42)45-31-34-51(35-32-45)59(50-19-8-3-9-20-50)55-21-12-22-56-58(55)54-38-48-18-11-10-17-47(48)37-53(54)52-36-33-49(39-57(52)60-56)46-29-27-43(28-30-46)41-15-6-2-7-16-41/h1-39H. The molecule has 0 spiro atoms. The maximum atomic E-state index is 7.12.